The molecule has 0 radical (unpaired) electrons. The summed E-state index contributed by atoms with van der Waals surface area (Å²) >= 11 is 0. The second-order valence-corrected chi connectivity index (χ2v) is 8.39. The van der Waals surface area contributed by atoms with Crippen molar-refractivity contribution in [3.8, 4) is 0 Å². The molecule has 3 heteroatoms. The van der Waals surface area contributed by atoms with E-state index >= 15 is 0 Å². The lowest BCUT2D eigenvalue weighted by molar-refractivity contribution is 0.0710. The summed E-state index contributed by atoms with van der Waals surface area (Å²) in [6, 6.07) is 8.46. The van der Waals surface area contributed by atoms with E-state index < -0.39 is 0 Å². The number of nitrogens with zero attached hydrogens (tertiary/aromatic N) is 1. The van der Waals surface area contributed by atoms with Gasteiger partial charge in [0.05, 0.1) is 5.56 Å². The first-order valence-electron chi connectivity index (χ1n) is 8.24. The minimum atomic E-state index is 0.198. The molecular weight excluding hydrogens is 272 g/mol. The fourth-order valence-electron chi connectivity index (χ4n) is 5.10. The Morgan fingerprint density at radius 2 is 2.00 bits per heavy atom. The number of rotatable bonds is 1. The van der Waals surface area contributed by atoms with Gasteiger partial charge in [0, 0.05) is 29.7 Å². The maximum Gasteiger partial charge on any atom is 0.256 e. The quantitative estimate of drug-likeness (QED) is 0.841. The highest BCUT2D eigenvalue weighted by atomic mass is 16.2. The van der Waals surface area contributed by atoms with Crippen molar-refractivity contribution in [2.45, 2.75) is 46.1 Å². The van der Waals surface area contributed by atoms with Gasteiger partial charge in [0.25, 0.3) is 5.91 Å². The fourth-order valence-corrected chi connectivity index (χ4v) is 5.10. The molecule has 4 rings (SSSR count). The van der Waals surface area contributed by atoms with Crippen LogP contribution in [0.1, 0.15) is 50.4 Å². The van der Waals surface area contributed by atoms with Crippen molar-refractivity contribution in [1.29, 1.82) is 0 Å². The van der Waals surface area contributed by atoms with Crippen LogP contribution in [-0.4, -0.2) is 28.4 Å². The van der Waals surface area contributed by atoms with Gasteiger partial charge in [-0.25, -0.2) is 0 Å². The molecule has 116 valence electrons. The van der Waals surface area contributed by atoms with Gasteiger partial charge in [-0.15, -0.1) is 0 Å². The summed E-state index contributed by atoms with van der Waals surface area (Å²) in [5.74, 6) is 0.198. The summed E-state index contributed by atoms with van der Waals surface area (Å²) < 4.78 is 0. The molecule has 1 amide bonds. The number of carbonyl (C=O) groups excluding carboxylic acids is 1. The minimum absolute atomic E-state index is 0.198. The maximum absolute atomic E-state index is 13.1. The Bertz CT molecular complexity index is 745. The van der Waals surface area contributed by atoms with Crippen LogP contribution < -0.4 is 0 Å². The van der Waals surface area contributed by atoms with Crippen molar-refractivity contribution >= 4 is 16.8 Å². The first-order valence-corrected chi connectivity index (χ1v) is 8.24. The monoisotopic (exact) mass is 296 g/mol. The molecule has 2 atom stereocenters. The zero-order valence-corrected chi connectivity index (χ0v) is 13.6. The van der Waals surface area contributed by atoms with Gasteiger partial charge in [0.2, 0.25) is 0 Å². The molecule has 1 aromatic carbocycles. The van der Waals surface area contributed by atoms with E-state index in [2.05, 4.69) is 30.7 Å². The molecule has 2 heterocycles. The third-order valence-electron chi connectivity index (χ3n) is 5.50. The van der Waals surface area contributed by atoms with Crippen LogP contribution in [0.2, 0.25) is 0 Å². The number of benzene rings is 1. The molecule has 1 aromatic heterocycles. The van der Waals surface area contributed by atoms with Crippen molar-refractivity contribution < 1.29 is 4.79 Å². The summed E-state index contributed by atoms with van der Waals surface area (Å²) in [4.78, 5) is 18.5. The van der Waals surface area contributed by atoms with Crippen molar-refractivity contribution in [1.82, 2.24) is 9.88 Å². The number of hydrogen-bond acceptors (Lipinski definition) is 1. The molecule has 2 aliphatic rings. The standard InChI is InChI=1S/C19H24N2O/c1-18(2)8-13-9-19(3,11-18)12-21(13)17(22)15-10-20-16-7-5-4-6-14(15)16/h4-7,10,13,20H,8-9,11-12H2,1-3H3/t13-,19+/m1/s1. The molecule has 22 heavy (non-hydrogen) atoms. The second kappa shape index (κ2) is 4.37. The lowest BCUT2D eigenvalue weighted by Gasteiger charge is -2.39. The van der Waals surface area contributed by atoms with Gasteiger partial charge >= 0.3 is 0 Å². The third-order valence-corrected chi connectivity index (χ3v) is 5.50. The average molecular weight is 296 g/mol. The molecule has 1 saturated carbocycles. The number of aromatic amines is 1. The van der Waals surface area contributed by atoms with E-state index in [1.807, 2.05) is 30.5 Å². The number of para-hydroxylation sites is 1. The van der Waals surface area contributed by atoms with E-state index in [0.717, 1.165) is 35.9 Å². The van der Waals surface area contributed by atoms with Crippen LogP contribution >= 0.6 is 0 Å². The van der Waals surface area contributed by atoms with E-state index in [4.69, 9.17) is 0 Å². The van der Waals surface area contributed by atoms with Crippen molar-refractivity contribution in [2.75, 3.05) is 6.54 Å². The van der Waals surface area contributed by atoms with Crippen LogP contribution in [0.4, 0.5) is 0 Å². The number of carbonyl (C=O) groups is 1. The number of fused-ring (bicyclic) bond motifs is 3. The highest BCUT2D eigenvalue weighted by Gasteiger charge is 2.51. The molecule has 3 nitrogen and oxygen atoms in total. The van der Waals surface area contributed by atoms with Gasteiger partial charge in [-0.1, -0.05) is 39.0 Å². The number of likely N-dealkylation sites (tertiary alicyclic amines) is 1. The number of nitrogens with one attached hydrogen (secondary N) is 1. The first-order chi connectivity index (χ1) is 10.4. The SMILES string of the molecule is CC1(C)C[C@@H]2C[C@](C)(CN2C(=O)c2c[nH]c3ccccc23)C1. The Morgan fingerprint density at radius 1 is 1.23 bits per heavy atom. The Hall–Kier alpha value is -1.77. The zero-order chi connectivity index (χ0) is 15.5. The Labute approximate surface area is 131 Å². The predicted molar refractivity (Wildman–Crippen MR) is 88.9 cm³/mol. The molecule has 0 spiro atoms. The van der Waals surface area contributed by atoms with Crippen molar-refractivity contribution in [2.24, 2.45) is 10.8 Å². The van der Waals surface area contributed by atoms with E-state index in [1.54, 1.807) is 0 Å². The second-order valence-electron chi connectivity index (χ2n) is 8.39. The lowest BCUT2D eigenvalue weighted by Crippen LogP contribution is -2.37. The molecular formula is C19H24N2O. The largest absolute Gasteiger partial charge is 0.360 e. The fraction of sp³-hybridized carbons (Fsp3) is 0.526. The Morgan fingerprint density at radius 3 is 2.82 bits per heavy atom. The van der Waals surface area contributed by atoms with Gasteiger partial charge in [-0.2, -0.15) is 0 Å². The van der Waals surface area contributed by atoms with Crippen LogP contribution in [0.15, 0.2) is 30.5 Å². The minimum Gasteiger partial charge on any atom is -0.360 e. The highest BCUT2D eigenvalue weighted by molar-refractivity contribution is 6.06. The first kappa shape index (κ1) is 13.9. The van der Waals surface area contributed by atoms with Crippen LogP contribution in [0.5, 0.6) is 0 Å². The maximum atomic E-state index is 13.1. The molecule has 1 saturated heterocycles. The normalized spacial score (nSPS) is 30.0. The van der Waals surface area contributed by atoms with E-state index in [-0.39, 0.29) is 11.3 Å². The molecule has 0 unspecified atom stereocenters. The Kier molecular flexibility index (Phi) is 2.76. The van der Waals surface area contributed by atoms with Gasteiger partial charge in [-0.3, -0.25) is 4.79 Å². The molecule has 2 bridgehead atoms. The van der Waals surface area contributed by atoms with E-state index in [9.17, 15) is 4.79 Å². The highest BCUT2D eigenvalue weighted by Crippen LogP contribution is 2.52. The van der Waals surface area contributed by atoms with E-state index in [1.165, 1.54) is 6.42 Å². The topological polar surface area (TPSA) is 36.1 Å². The lowest BCUT2D eigenvalue weighted by atomic mass is 9.65. The number of H-pyrrole nitrogens is 1. The van der Waals surface area contributed by atoms with E-state index in [0.29, 0.717) is 11.5 Å². The number of aromatic nitrogens is 1. The Balaban J connectivity index is 1.69. The van der Waals surface area contributed by atoms with Crippen molar-refractivity contribution in [3.63, 3.8) is 0 Å². The van der Waals surface area contributed by atoms with Crippen LogP contribution in [0, 0.1) is 10.8 Å². The summed E-state index contributed by atoms with van der Waals surface area (Å²) in [6.07, 6.45) is 5.37. The van der Waals surface area contributed by atoms with Gasteiger partial charge in [0.1, 0.15) is 0 Å². The van der Waals surface area contributed by atoms with Crippen LogP contribution in [-0.2, 0) is 0 Å². The average Bonchev–Trinajstić information content (AvgIpc) is 2.95. The van der Waals surface area contributed by atoms with Gasteiger partial charge in [-0.05, 0) is 36.2 Å². The van der Waals surface area contributed by atoms with Crippen LogP contribution in [0.3, 0.4) is 0 Å². The van der Waals surface area contributed by atoms with Gasteiger partial charge in [0.15, 0.2) is 0 Å². The molecule has 1 aliphatic carbocycles. The summed E-state index contributed by atoms with van der Waals surface area (Å²) in [7, 11) is 0. The van der Waals surface area contributed by atoms with Crippen molar-refractivity contribution in [3.05, 3.63) is 36.0 Å². The number of hydrogen-bond donors (Lipinski definition) is 1. The summed E-state index contributed by atoms with van der Waals surface area (Å²) in [6.45, 7) is 7.94. The zero-order valence-electron chi connectivity index (χ0n) is 13.6. The molecule has 1 N–H and O–H groups in total. The summed E-state index contributed by atoms with van der Waals surface area (Å²) in [5, 5.41) is 1.04. The van der Waals surface area contributed by atoms with Crippen LogP contribution in [0.25, 0.3) is 10.9 Å². The number of amides is 1. The molecule has 2 fully saturated rings. The molecule has 2 aromatic rings. The smallest absolute Gasteiger partial charge is 0.256 e. The third kappa shape index (κ3) is 2.06. The molecule has 1 aliphatic heterocycles. The van der Waals surface area contributed by atoms with Gasteiger partial charge < -0.3 is 9.88 Å². The predicted octanol–water partition coefficient (Wildman–Crippen LogP) is 4.21. The summed E-state index contributed by atoms with van der Waals surface area (Å²) in [5.41, 5.74) is 2.49.